The van der Waals surface area contributed by atoms with E-state index in [1.807, 2.05) is 13.8 Å². The van der Waals surface area contributed by atoms with Crippen LogP contribution in [-0.2, 0) is 4.79 Å². The number of fused-ring (bicyclic) bond motifs is 1. The molecule has 0 radical (unpaired) electrons. The van der Waals surface area contributed by atoms with Gasteiger partial charge in [0.25, 0.3) is 5.91 Å². The highest BCUT2D eigenvalue weighted by atomic mass is 19.4. The van der Waals surface area contributed by atoms with E-state index in [-0.39, 0.29) is 23.7 Å². The van der Waals surface area contributed by atoms with Crippen LogP contribution in [0.2, 0.25) is 0 Å². The normalized spacial score (nSPS) is 21.5. The minimum absolute atomic E-state index is 0.0853. The highest BCUT2D eigenvalue weighted by Gasteiger charge is 2.52. The van der Waals surface area contributed by atoms with Gasteiger partial charge in [0.2, 0.25) is 11.8 Å². The van der Waals surface area contributed by atoms with Gasteiger partial charge in [0.1, 0.15) is 5.52 Å². The number of rotatable bonds is 8. The summed E-state index contributed by atoms with van der Waals surface area (Å²) in [5.74, 6) is -4.22. The smallest absolute Gasteiger partial charge is 0.391 e. The molecule has 1 aromatic heterocycles. The van der Waals surface area contributed by atoms with Crippen LogP contribution in [0.3, 0.4) is 0 Å². The summed E-state index contributed by atoms with van der Waals surface area (Å²) >= 11 is 0. The predicted molar refractivity (Wildman–Crippen MR) is 169 cm³/mol. The van der Waals surface area contributed by atoms with Crippen LogP contribution in [-0.4, -0.2) is 65.8 Å². The maximum absolute atomic E-state index is 13.4. The molecule has 14 heteroatoms. The van der Waals surface area contributed by atoms with Crippen LogP contribution in [0.15, 0.2) is 40.8 Å². The van der Waals surface area contributed by atoms with E-state index in [9.17, 15) is 41.2 Å². The van der Waals surface area contributed by atoms with Crippen molar-refractivity contribution in [1.29, 1.82) is 5.26 Å². The van der Waals surface area contributed by atoms with Crippen LogP contribution in [0.25, 0.3) is 22.6 Å². The Balaban J connectivity index is 1.10. The summed E-state index contributed by atoms with van der Waals surface area (Å²) in [6.07, 6.45) is -10.3. The van der Waals surface area contributed by atoms with Gasteiger partial charge >= 0.3 is 12.4 Å². The zero-order valence-electron chi connectivity index (χ0n) is 27.4. The number of likely N-dealkylation sites (tertiary alicyclic amines) is 1. The van der Waals surface area contributed by atoms with Crippen LogP contribution < -0.4 is 10.6 Å². The van der Waals surface area contributed by atoms with Gasteiger partial charge in [-0.3, -0.25) is 9.59 Å². The van der Waals surface area contributed by atoms with E-state index < -0.39 is 55.5 Å². The molecule has 0 spiro atoms. The van der Waals surface area contributed by atoms with E-state index >= 15 is 0 Å². The number of oxazole rings is 1. The van der Waals surface area contributed by atoms with Crippen molar-refractivity contribution in [3.8, 4) is 17.5 Å². The Hall–Kier alpha value is -4.12. The molecule has 2 aromatic carbocycles. The summed E-state index contributed by atoms with van der Waals surface area (Å²) in [6, 6.07) is 10.4. The monoisotopic (exact) mass is 691 g/mol. The van der Waals surface area contributed by atoms with Crippen LogP contribution in [0, 0.1) is 29.1 Å². The van der Waals surface area contributed by atoms with E-state index in [2.05, 4.69) is 21.7 Å². The Morgan fingerprint density at radius 3 is 2.14 bits per heavy atom. The second-order valence-electron chi connectivity index (χ2n) is 13.5. The average molecular weight is 692 g/mol. The molecule has 2 amide bonds. The van der Waals surface area contributed by atoms with E-state index in [1.54, 1.807) is 41.3 Å². The third-order valence-electron chi connectivity index (χ3n) is 9.63. The van der Waals surface area contributed by atoms with Crippen LogP contribution in [0.5, 0.6) is 0 Å². The van der Waals surface area contributed by atoms with E-state index in [0.29, 0.717) is 66.2 Å². The first-order valence-corrected chi connectivity index (χ1v) is 16.4. The third-order valence-corrected chi connectivity index (χ3v) is 9.63. The lowest BCUT2D eigenvalue weighted by Crippen LogP contribution is -2.53. The van der Waals surface area contributed by atoms with Crippen molar-refractivity contribution >= 4 is 22.9 Å². The first kappa shape index (κ1) is 36.2. The van der Waals surface area contributed by atoms with Gasteiger partial charge < -0.3 is 20.0 Å². The summed E-state index contributed by atoms with van der Waals surface area (Å²) in [7, 11) is 0. The van der Waals surface area contributed by atoms with E-state index in [0.717, 1.165) is 5.56 Å². The maximum Gasteiger partial charge on any atom is 0.391 e. The van der Waals surface area contributed by atoms with Gasteiger partial charge in [-0.05, 0) is 87.3 Å². The minimum atomic E-state index is -4.74. The van der Waals surface area contributed by atoms with Gasteiger partial charge in [-0.1, -0.05) is 13.8 Å². The summed E-state index contributed by atoms with van der Waals surface area (Å²) in [4.78, 5) is 32.1. The van der Waals surface area contributed by atoms with Crippen molar-refractivity contribution in [3.05, 3.63) is 53.1 Å². The Bertz CT molecular complexity index is 1660. The predicted octanol–water partition coefficient (Wildman–Crippen LogP) is 7.35. The van der Waals surface area contributed by atoms with Crippen LogP contribution in [0.4, 0.5) is 26.3 Å². The molecule has 2 N–H and O–H groups in total. The zero-order valence-corrected chi connectivity index (χ0v) is 27.4. The minimum Gasteiger partial charge on any atom is -0.436 e. The second-order valence-corrected chi connectivity index (χ2v) is 13.5. The van der Waals surface area contributed by atoms with Gasteiger partial charge in [-0.2, -0.15) is 31.6 Å². The number of hydrogen-bond donors (Lipinski definition) is 2. The lowest BCUT2D eigenvalue weighted by molar-refractivity contribution is -0.225. The molecule has 1 aliphatic carbocycles. The number of nitriles is 1. The summed E-state index contributed by atoms with van der Waals surface area (Å²) in [5.41, 5.74) is 3.69. The zero-order chi connectivity index (χ0) is 35.7. The standard InChI is InChI=1S/C35H39F6N5O3/c1-19(2)28-12-22(17-42)13-29-30(28)49-32(45-29)24-6-4-23(5-7-24)31(47)43-18-21-8-10-46(11-9-21)33(48)20(3)44-27-15-25(34(36,37)38)14-26(16-27)35(39,40)41/h4-7,12-13,19-21,25-27,44H,8-11,14-16,18H2,1-3H3,(H,43,47)/t20-,25?,26?,27?/m0/s1. The number of amides is 2. The third kappa shape index (κ3) is 8.55. The Labute approximate surface area is 280 Å². The Morgan fingerprint density at radius 2 is 1.59 bits per heavy atom. The maximum atomic E-state index is 13.4. The molecular weight excluding hydrogens is 652 g/mol. The molecular formula is C35H39F6N5O3. The fourth-order valence-electron chi connectivity index (χ4n) is 6.82. The number of halogens is 6. The average Bonchev–Trinajstić information content (AvgIpc) is 3.50. The van der Waals surface area contributed by atoms with Crippen molar-refractivity contribution in [1.82, 2.24) is 20.5 Å². The second kappa shape index (κ2) is 14.4. The van der Waals surface area contributed by atoms with Crippen molar-refractivity contribution in [2.75, 3.05) is 19.6 Å². The van der Waals surface area contributed by atoms with Crippen molar-refractivity contribution in [2.24, 2.45) is 17.8 Å². The number of alkyl halides is 6. The molecule has 3 atom stereocenters. The molecule has 8 nitrogen and oxygen atoms in total. The van der Waals surface area contributed by atoms with Gasteiger partial charge in [0.15, 0.2) is 5.58 Å². The van der Waals surface area contributed by atoms with Gasteiger partial charge in [-0.25, -0.2) is 4.98 Å². The molecule has 5 rings (SSSR count). The molecule has 1 saturated carbocycles. The summed E-state index contributed by atoms with van der Waals surface area (Å²) in [6.45, 7) is 6.58. The van der Waals surface area contributed by atoms with Crippen LogP contribution >= 0.6 is 0 Å². The number of benzene rings is 2. The fourth-order valence-corrected chi connectivity index (χ4v) is 6.82. The molecule has 2 fully saturated rings. The molecule has 2 unspecified atom stereocenters. The highest BCUT2D eigenvalue weighted by molar-refractivity contribution is 5.94. The Morgan fingerprint density at radius 1 is 0.980 bits per heavy atom. The molecule has 49 heavy (non-hydrogen) atoms. The SMILES string of the molecule is CC(C)c1cc(C#N)cc2nc(-c3ccc(C(=O)NCC4CCN(C(=O)[C@H](C)NC5CC(C(F)(F)F)CC(C(F)(F)F)C5)CC4)cc3)oc12. The molecule has 0 bridgehead atoms. The number of aromatic nitrogens is 1. The van der Waals surface area contributed by atoms with E-state index in [1.165, 1.54) is 6.92 Å². The first-order chi connectivity index (χ1) is 23.0. The highest BCUT2D eigenvalue weighted by Crippen LogP contribution is 2.45. The molecule has 1 aliphatic heterocycles. The molecule has 1 saturated heterocycles. The largest absolute Gasteiger partial charge is 0.436 e. The molecule has 264 valence electrons. The molecule has 3 aromatic rings. The van der Waals surface area contributed by atoms with Gasteiger partial charge in [0.05, 0.1) is 29.5 Å². The van der Waals surface area contributed by atoms with Crippen molar-refractivity contribution in [2.45, 2.75) is 83.2 Å². The number of nitrogens with zero attached hydrogens (tertiary/aromatic N) is 3. The number of carbonyl (C=O) groups is 2. The van der Waals surface area contributed by atoms with Crippen molar-refractivity contribution < 1.29 is 40.3 Å². The van der Waals surface area contributed by atoms with Gasteiger partial charge in [0, 0.05) is 42.4 Å². The lowest BCUT2D eigenvalue weighted by atomic mass is 9.77. The number of hydrogen-bond acceptors (Lipinski definition) is 6. The van der Waals surface area contributed by atoms with Crippen molar-refractivity contribution in [3.63, 3.8) is 0 Å². The quantitative estimate of drug-likeness (QED) is 0.239. The summed E-state index contributed by atoms with van der Waals surface area (Å²) in [5, 5.41) is 15.1. The fraction of sp³-hybridized carbons (Fsp3) is 0.543. The van der Waals surface area contributed by atoms with E-state index in [4.69, 9.17) is 4.42 Å². The topological polar surface area (TPSA) is 111 Å². The Kier molecular flexibility index (Phi) is 10.6. The summed E-state index contributed by atoms with van der Waals surface area (Å²) < 4.78 is 86.2. The van der Waals surface area contributed by atoms with Gasteiger partial charge in [-0.15, -0.1) is 0 Å². The lowest BCUT2D eigenvalue weighted by Gasteiger charge is -2.39. The molecule has 2 heterocycles. The number of piperidine rings is 1. The number of nitrogens with one attached hydrogen (secondary N) is 2. The first-order valence-electron chi connectivity index (χ1n) is 16.4. The molecule has 2 aliphatic rings. The van der Waals surface area contributed by atoms with Crippen LogP contribution in [0.1, 0.15) is 80.3 Å². The number of carbonyl (C=O) groups excluding carboxylic acids is 2.